The van der Waals surface area contributed by atoms with Gasteiger partial charge in [-0.1, -0.05) is 36.2 Å². The monoisotopic (exact) mass is 309 g/mol. The third-order valence-corrected chi connectivity index (χ3v) is 3.61. The Kier molecular flexibility index (Phi) is 4.84. The summed E-state index contributed by atoms with van der Waals surface area (Å²) in [5.41, 5.74) is 2.01. The molecule has 1 atom stereocenters. The molecule has 0 aliphatic rings. The predicted molar refractivity (Wildman–Crippen MR) is 84.6 cm³/mol. The fraction of sp³-hybridized carbons (Fsp3) is 0.333. The fourth-order valence-corrected chi connectivity index (χ4v) is 2.61. The molecule has 0 amide bonds. The van der Waals surface area contributed by atoms with E-state index in [1.165, 1.54) is 0 Å². The summed E-state index contributed by atoms with van der Waals surface area (Å²) in [6, 6.07) is 7.52. The van der Waals surface area contributed by atoms with Crippen molar-refractivity contribution in [1.82, 2.24) is 9.97 Å². The summed E-state index contributed by atoms with van der Waals surface area (Å²) >= 11 is 12.1. The van der Waals surface area contributed by atoms with Crippen molar-refractivity contribution in [2.24, 2.45) is 0 Å². The molecular weight excluding hydrogens is 293 g/mol. The molecular formula is C15H17Cl2N3. The zero-order chi connectivity index (χ0) is 14.7. The highest BCUT2D eigenvalue weighted by atomic mass is 35.5. The summed E-state index contributed by atoms with van der Waals surface area (Å²) in [4.78, 5) is 8.77. The first-order valence-electron chi connectivity index (χ1n) is 6.55. The van der Waals surface area contributed by atoms with Crippen LogP contribution in [-0.4, -0.2) is 9.97 Å². The zero-order valence-electron chi connectivity index (χ0n) is 11.7. The van der Waals surface area contributed by atoms with Crippen LogP contribution >= 0.6 is 23.2 Å². The van der Waals surface area contributed by atoms with Crippen LogP contribution in [0, 0.1) is 6.92 Å². The molecule has 0 saturated heterocycles. The molecule has 1 N–H and O–H groups in total. The Bertz CT molecular complexity index is 614. The zero-order valence-corrected chi connectivity index (χ0v) is 13.3. The lowest BCUT2D eigenvalue weighted by Crippen LogP contribution is -2.10. The van der Waals surface area contributed by atoms with E-state index in [0.29, 0.717) is 10.0 Å². The molecule has 1 aromatic heterocycles. The number of hydrogen-bond donors (Lipinski definition) is 1. The van der Waals surface area contributed by atoms with Gasteiger partial charge in [0.15, 0.2) is 0 Å². The van der Waals surface area contributed by atoms with E-state index in [-0.39, 0.29) is 6.04 Å². The Balaban J connectivity index is 2.22. The lowest BCUT2D eigenvalue weighted by Gasteiger charge is -2.17. The Labute approximate surface area is 129 Å². The molecule has 5 heteroatoms. The molecule has 0 fully saturated rings. The molecule has 0 spiro atoms. The van der Waals surface area contributed by atoms with Crippen LogP contribution in [0.3, 0.4) is 0 Å². The summed E-state index contributed by atoms with van der Waals surface area (Å²) in [5, 5.41) is 4.64. The number of hydrogen-bond acceptors (Lipinski definition) is 3. The molecule has 1 unspecified atom stereocenters. The van der Waals surface area contributed by atoms with E-state index in [1.54, 1.807) is 6.07 Å². The van der Waals surface area contributed by atoms with E-state index >= 15 is 0 Å². The van der Waals surface area contributed by atoms with Crippen LogP contribution in [0.1, 0.15) is 37.0 Å². The van der Waals surface area contributed by atoms with E-state index in [2.05, 4.69) is 22.2 Å². The van der Waals surface area contributed by atoms with Gasteiger partial charge in [0.05, 0.1) is 6.04 Å². The molecule has 0 aliphatic carbocycles. The molecule has 106 valence electrons. The van der Waals surface area contributed by atoms with E-state index < -0.39 is 0 Å². The maximum Gasteiger partial charge on any atom is 0.130 e. The van der Waals surface area contributed by atoms with Gasteiger partial charge in [-0.2, -0.15) is 0 Å². The predicted octanol–water partition coefficient (Wildman–Crippen LogP) is 4.83. The van der Waals surface area contributed by atoms with E-state index in [1.807, 2.05) is 32.0 Å². The molecule has 0 aliphatic heterocycles. The van der Waals surface area contributed by atoms with Crippen molar-refractivity contribution in [1.29, 1.82) is 0 Å². The number of rotatable bonds is 4. The lowest BCUT2D eigenvalue weighted by atomic mass is 10.1. The minimum absolute atomic E-state index is 0.0405. The van der Waals surface area contributed by atoms with Gasteiger partial charge in [-0.25, -0.2) is 9.97 Å². The van der Waals surface area contributed by atoms with Crippen LogP contribution < -0.4 is 5.32 Å². The summed E-state index contributed by atoms with van der Waals surface area (Å²) in [6.45, 7) is 6.01. The molecule has 0 radical (unpaired) electrons. The quantitative estimate of drug-likeness (QED) is 0.879. The van der Waals surface area contributed by atoms with Gasteiger partial charge >= 0.3 is 0 Å². The molecule has 1 heterocycles. The second kappa shape index (κ2) is 6.42. The van der Waals surface area contributed by atoms with Crippen molar-refractivity contribution in [3.63, 3.8) is 0 Å². The summed E-state index contributed by atoms with van der Waals surface area (Å²) in [6.07, 6.45) is 0.883. The van der Waals surface area contributed by atoms with E-state index in [0.717, 1.165) is 29.3 Å². The Morgan fingerprint density at radius 1 is 1.20 bits per heavy atom. The minimum atomic E-state index is 0.0405. The minimum Gasteiger partial charge on any atom is -0.363 e. The van der Waals surface area contributed by atoms with Crippen LogP contribution in [0.15, 0.2) is 24.3 Å². The van der Waals surface area contributed by atoms with Gasteiger partial charge in [-0.15, -0.1) is 0 Å². The highest BCUT2D eigenvalue weighted by Gasteiger charge is 2.11. The average Bonchev–Trinajstić information content (AvgIpc) is 2.37. The Morgan fingerprint density at radius 2 is 1.95 bits per heavy atom. The van der Waals surface area contributed by atoms with Crippen LogP contribution in [0.5, 0.6) is 0 Å². The van der Waals surface area contributed by atoms with Crippen molar-refractivity contribution in [2.45, 2.75) is 33.2 Å². The highest BCUT2D eigenvalue weighted by Crippen LogP contribution is 2.28. The maximum atomic E-state index is 6.22. The first kappa shape index (κ1) is 15.1. The van der Waals surface area contributed by atoms with Gasteiger partial charge in [0.1, 0.15) is 11.6 Å². The number of nitrogens with one attached hydrogen (secondary N) is 1. The van der Waals surface area contributed by atoms with Crippen LogP contribution in [0.4, 0.5) is 5.82 Å². The largest absolute Gasteiger partial charge is 0.363 e. The van der Waals surface area contributed by atoms with E-state index in [9.17, 15) is 0 Å². The van der Waals surface area contributed by atoms with Gasteiger partial charge in [0, 0.05) is 21.8 Å². The van der Waals surface area contributed by atoms with Gasteiger partial charge < -0.3 is 5.32 Å². The molecule has 2 rings (SSSR count). The summed E-state index contributed by atoms with van der Waals surface area (Å²) in [7, 11) is 0. The molecule has 20 heavy (non-hydrogen) atoms. The van der Waals surface area contributed by atoms with E-state index in [4.69, 9.17) is 23.2 Å². The first-order valence-corrected chi connectivity index (χ1v) is 7.31. The SMILES string of the molecule is CCc1cc(NC(C)c2ccc(Cl)cc2Cl)nc(C)n1. The van der Waals surface area contributed by atoms with Gasteiger partial charge in [0.2, 0.25) is 0 Å². The molecule has 0 bridgehead atoms. The Hall–Kier alpha value is -1.32. The number of nitrogens with zero attached hydrogens (tertiary/aromatic N) is 2. The standard InChI is InChI=1S/C15H17Cl2N3/c1-4-12-8-15(20-10(3)19-12)18-9(2)13-6-5-11(16)7-14(13)17/h5-9H,4H2,1-3H3,(H,18,19,20). The first-order chi connectivity index (χ1) is 9.49. The van der Waals surface area contributed by atoms with Crippen LogP contribution in [-0.2, 0) is 6.42 Å². The topological polar surface area (TPSA) is 37.8 Å². The molecule has 3 nitrogen and oxygen atoms in total. The molecule has 2 aromatic rings. The second-order valence-electron chi connectivity index (χ2n) is 4.68. The number of aryl methyl sites for hydroxylation is 2. The van der Waals surface area contributed by atoms with Crippen molar-refractivity contribution in [3.05, 3.63) is 51.4 Å². The summed E-state index contributed by atoms with van der Waals surface area (Å²) in [5.74, 6) is 1.58. The van der Waals surface area contributed by atoms with Gasteiger partial charge in [-0.3, -0.25) is 0 Å². The highest BCUT2D eigenvalue weighted by molar-refractivity contribution is 6.35. The number of benzene rings is 1. The van der Waals surface area contributed by atoms with Crippen molar-refractivity contribution in [2.75, 3.05) is 5.32 Å². The third kappa shape index (κ3) is 3.62. The smallest absolute Gasteiger partial charge is 0.130 e. The number of aromatic nitrogens is 2. The van der Waals surface area contributed by atoms with Gasteiger partial charge in [0.25, 0.3) is 0 Å². The lowest BCUT2D eigenvalue weighted by molar-refractivity contribution is 0.858. The Morgan fingerprint density at radius 3 is 2.60 bits per heavy atom. The third-order valence-electron chi connectivity index (χ3n) is 3.05. The molecule has 1 aromatic carbocycles. The fourth-order valence-electron chi connectivity index (χ4n) is 2.04. The van der Waals surface area contributed by atoms with Crippen molar-refractivity contribution < 1.29 is 0 Å². The number of halogens is 2. The van der Waals surface area contributed by atoms with Crippen LogP contribution in [0.2, 0.25) is 10.0 Å². The maximum absolute atomic E-state index is 6.22. The second-order valence-corrected chi connectivity index (χ2v) is 5.52. The van der Waals surface area contributed by atoms with Crippen molar-refractivity contribution in [3.8, 4) is 0 Å². The van der Waals surface area contributed by atoms with Gasteiger partial charge in [-0.05, 0) is 38.0 Å². The van der Waals surface area contributed by atoms with Crippen molar-refractivity contribution >= 4 is 29.0 Å². The normalized spacial score (nSPS) is 12.2. The molecule has 0 saturated carbocycles. The summed E-state index contributed by atoms with van der Waals surface area (Å²) < 4.78 is 0. The van der Waals surface area contributed by atoms with Crippen LogP contribution in [0.25, 0.3) is 0 Å². The number of anilines is 1. The average molecular weight is 310 g/mol.